The zero-order valence-electron chi connectivity index (χ0n) is 9.04. The van der Waals surface area contributed by atoms with E-state index in [0.29, 0.717) is 22.0 Å². The molecule has 0 amide bonds. The molecule has 0 aliphatic rings. The van der Waals surface area contributed by atoms with E-state index in [0.717, 1.165) is 5.56 Å². The second-order valence-corrected chi connectivity index (χ2v) is 4.43. The van der Waals surface area contributed by atoms with Gasteiger partial charge in [0.2, 0.25) is 0 Å². The minimum absolute atomic E-state index is 0.183. The molecule has 1 aromatic carbocycles. The lowest BCUT2D eigenvalue weighted by Gasteiger charge is -2.15. The summed E-state index contributed by atoms with van der Waals surface area (Å²) < 4.78 is 0.527. The highest BCUT2D eigenvalue weighted by Gasteiger charge is 2.24. The number of carbonyl (C=O) groups is 1. The standard InChI is InChI=1S/C11H13IO4/c1-3-5-6(4-2)8(12)10(14)9(13)7(5)11(15)16/h13-14H,3-4H2,1-2H3,(H,15,16). The van der Waals surface area contributed by atoms with Crippen LogP contribution in [0.3, 0.4) is 0 Å². The molecule has 0 saturated heterocycles. The quantitative estimate of drug-likeness (QED) is 0.586. The lowest BCUT2D eigenvalue weighted by molar-refractivity contribution is 0.0691. The minimum atomic E-state index is -1.21. The van der Waals surface area contributed by atoms with Gasteiger partial charge < -0.3 is 15.3 Å². The summed E-state index contributed by atoms with van der Waals surface area (Å²) in [6.07, 6.45) is 1.13. The Morgan fingerprint density at radius 1 is 1.12 bits per heavy atom. The fraction of sp³-hybridized carbons (Fsp3) is 0.364. The van der Waals surface area contributed by atoms with Crippen molar-refractivity contribution in [3.05, 3.63) is 20.3 Å². The summed E-state index contributed by atoms with van der Waals surface area (Å²) >= 11 is 1.92. The molecule has 0 bridgehead atoms. The average Bonchev–Trinajstić information content (AvgIpc) is 2.24. The first-order chi connectivity index (χ1) is 7.45. The van der Waals surface area contributed by atoms with Gasteiger partial charge >= 0.3 is 5.97 Å². The molecule has 0 spiro atoms. The van der Waals surface area contributed by atoms with E-state index in [2.05, 4.69) is 0 Å². The number of aromatic carboxylic acids is 1. The molecule has 0 fully saturated rings. The number of hydrogen-bond acceptors (Lipinski definition) is 3. The number of phenols is 2. The van der Waals surface area contributed by atoms with Crippen LogP contribution in [-0.4, -0.2) is 21.3 Å². The Morgan fingerprint density at radius 3 is 2.00 bits per heavy atom. The number of benzene rings is 1. The summed E-state index contributed by atoms with van der Waals surface area (Å²) in [5, 5.41) is 28.3. The maximum atomic E-state index is 11.1. The third kappa shape index (κ3) is 1.95. The molecular formula is C11H13IO4. The smallest absolute Gasteiger partial charge is 0.339 e. The van der Waals surface area contributed by atoms with Gasteiger partial charge in [-0.3, -0.25) is 0 Å². The number of rotatable bonds is 3. The Labute approximate surface area is 107 Å². The van der Waals surface area contributed by atoms with Crippen LogP contribution < -0.4 is 0 Å². The van der Waals surface area contributed by atoms with Crippen molar-refractivity contribution >= 4 is 28.6 Å². The Balaban J connectivity index is 3.72. The van der Waals surface area contributed by atoms with Crippen molar-refractivity contribution in [1.82, 2.24) is 0 Å². The fourth-order valence-electron chi connectivity index (χ4n) is 1.78. The molecule has 16 heavy (non-hydrogen) atoms. The van der Waals surface area contributed by atoms with Crippen molar-refractivity contribution in [2.45, 2.75) is 26.7 Å². The van der Waals surface area contributed by atoms with E-state index in [9.17, 15) is 15.0 Å². The van der Waals surface area contributed by atoms with Crippen LogP contribution in [0.1, 0.15) is 35.3 Å². The molecule has 88 valence electrons. The van der Waals surface area contributed by atoms with Crippen molar-refractivity contribution in [2.75, 3.05) is 0 Å². The SMILES string of the molecule is CCc1c(I)c(O)c(O)c(C(=O)O)c1CC. The van der Waals surface area contributed by atoms with Crippen LogP contribution in [-0.2, 0) is 12.8 Å². The van der Waals surface area contributed by atoms with Crippen LogP contribution in [0.5, 0.6) is 11.5 Å². The highest BCUT2D eigenvalue weighted by Crippen LogP contribution is 2.39. The summed E-state index contributed by atoms with van der Waals surface area (Å²) in [6.45, 7) is 3.71. The minimum Gasteiger partial charge on any atom is -0.504 e. The molecule has 4 nitrogen and oxygen atoms in total. The first-order valence-corrected chi connectivity index (χ1v) is 6.01. The van der Waals surface area contributed by atoms with Crippen molar-refractivity contribution < 1.29 is 20.1 Å². The Kier molecular flexibility index (Phi) is 4.01. The van der Waals surface area contributed by atoms with E-state index < -0.39 is 11.7 Å². The van der Waals surface area contributed by atoms with E-state index in [4.69, 9.17) is 5.11 Å². The van der Waals surface area contributed by atoms with Crippen LogP contribution in [0, 0.1) is 3.57 Å². The number of phenolic OH excluding ortho intramolecular Hbond substituents is 1. The van der Waals surface area contributed by atoms with E-state index in [-0.39, 0.29) is 11.3 Å². The fourth-order valence-corrected chi connectivity index (χ4v) is 2.74. The molecular weight excluding hydrogens is 323 g/mol. The largest absolute Gasteiger partial charge is 0.504 e. The van der Waals surface area contributed by atoms with Crippen LogP contribution >= 0.6 is 22.6 Å². The molecule has 0 unspecified atom stereocenters. The second kappa shape index (κ2) is 4.90. The maximum Gasteiger partial charge on any atom is 0.339 e. The summed E-state index contributed by atoms with van der Waals surface area (Å²) in [7, 11) is 0. The summed E-state index contributed by atoms with van der Waals surface area (Å²) in [5.74, 6) is -2.09. The van der Waals surface area contributed by atoms with Gasteiger partial charge in [-0.2, -0.15) is 0 Å². The van der Waals surface area contributed by atoms with Gasteiger partial charge in [0.15, 0.2) is 11.5 Å². The molecule has 0 saturated carbocycles. The molecule has 0 aromatic heterocycles. The molecule has 0 radical (unpaired) electrons. The van der Waals surface area contributed by atoms with Gasteiger partial charge in [0.1, 0.15) is 5.56 Å². The highest BCUT2D eigenvalue weighted by molar-refractivity contribution is 14.1. The molecule has 1 rings (SSSR count). The zero-order valence-corrected chi connectivity index (χ0v) is 11.2. The van der Waals surface area contributed by atoms with Gasteiger partial charge in [0, 0.05) is 0 Å². The van der Waals surface area contributed by atoms with Gasteiger partial charge in [-0.1, -0.05) is 13.8 Å². The average molecular weight is 336 g/mol. The van der Waals surface area contributed by atoms with Crippen LogP contribution in [0.25, 0.3) is 0 Å². The number of halogens is 1. The zero-order chi connectivity index (χ0) is 12.5. The predicted octanol–water partition coefficient (Wildman–Crippen LogP) is 2.53. The molecule has 5 heteroatoms. The molecule has 3 N–H and O–H groups in total. The lowest BCUT2D eigenvalue weighted by atomic mass is 9.95. The van der Waals surface area contributed by atoms with Gasteiger partial charge in [-0.15, -0.1) is 0 Å². The van der Waals surface area contributed by atoms with E-state index in [1.807, 2.05) is 36.4 Å². The van der Waals surface area contributed by atoms with Gasteiger partial charge in [-0.05, 0) is 46.6 Å². The normalized spacial score (nSPS) is 10.4. The van der Waals surface area contributed by atoms with Crippen LogP contribution in [0.2, 0.25) is 0 Å². The van der Waals surface area contributed by atoms with E-state index >= 15 is 0 Å². The number of carboxylic acid groups (broad SMARTS) is 1. The Bertz CT molecular complexity index is 440. The maximum absolute atomic E-state index is 11.1. The Morgan fingerprint density at radius 2 is 1.62 bits per heavy atom. The summed E-state index contributed by atoms with van der Waals surface area (Å²) in [6, 6.07) is 0. The molecule has 0 aliphatic heterocycles. The molecule has 1 aromatic rings. The molecule has 0 aliphatic carbocycles. The number of carboxylic acids is 1. The number of aromatic hydroxyl groups is 2. The van der Waals surface area contributed by atoms with E-state index in [1.54, 1.807) is 0 Å². The van der Waals surface area contributed by atoms with Gasteiger partial charge in [0.05, 0.1) is 3.57 Å². The van der Waals surface area contributed by atoms with Crippen LogP contribution in [0.15, 0.2) is 0 Å². The summed E-state index contributed by atoms with van der Waals surface area (Å²) in [5.41, 5.74) is 1.20. The van der Waals surface area contributed by atoms with Crippen molar-refractivity contribution in [3.8, 4) is 11.5 Å². The highest BCUT2D eigenvalue weighted by atomic mass is 127. The number of hydrogen-bond donors (Lipinski definition) is 3. The van der Waals surface area contributed by atoms with E-state index in [1.165, 1.54) is 0 Å². The predicted molar refractivity (Wildman–Crippen MR) is 68.2 cm³/mol. The van der Waals surface area contributed by atoms with Crippen LogP contribution in [0.4, 0.5) is 0 Å². The van der Waals surface area contributed by atoms with Gasteiger partial charge in [0.25, 0.3) is 0 Å². The third-order valence-corrected chi connectivity index (χ3v) is 3.68. The third-order valence-electron chi connectivity index (χ3n) is 2.52. The van der Waals surface area contributed by atoms with Crippen molar-refractivity contribution in [3.63, 3.8) is 0 Å². The monoisotopic (exact) mass is 336 g/mol. The summed E-state index contributed by atoms with van der Waals surface area (Å²) in [4.78, 5) is 11.1. The van der Waals surface area contributed by atoms with Gasteiger partial charge in [-0.25, -0.2) is 4.79 Å². The lowest BCUT2D eigenvalue weighted by Crippen LogP contribution is -2.08. The molecule has 0 heterocycles. The molecule has 0 atom stereocenters. The first kappa shape index (κ1) is 13.1. The van der Waals surface area contributed by atoms with Crippen molar-refractivity contribution in [2.24, 2.45) is 0 Å². The van der Waals surface area contributed by atoms with Crippen molar-refractivity contribution in [1.29, 1.82) is 0 Å². The Hall–Kier alpha value is -0.980. The second-order valence-electron chi connectivity index (χ2n) is 3.36. The first-order valence-electron chi connectivity index (χ1n) is 4.94. The topological polar surface area (TPSA) is 77.8 Å².